The van der Waals surface area contributed by atoms with Crippen LogP contribution in [0.15, 0.2) is 0 Å². The molecule has 2 heteroatoms. The summed E-state index contributed by atoms with van der Waals surface area (Å²) in [5, 5.41) is 3.91. The predicted octanol–water partition coefficient (Wildman–Crippen LogP) is 2.83. The molecule has 1 N–H and O–H groups in total. The molecule has 98 valence electrons. The van der Waals surface area contributed by atoms with E-state index in [1.54, 1.807) is 0 Å². The lowest BCUT2D eigenvalue weighted by Crippen LogP contribution is -2.51. The van der Waals surface area contributed by atoms with E-state index in [-0.39, 0.29) is 0 Å². The van der Waals surface area contributed by atoms with Crippen LogP contribution in [0.25, 0.3) is 0 Å². The van der Waals surface area contributed by atoms with Crippen LogP contribution in [-0.4, -0.2) is 25.8 Å². The molecule has 0 aromatic carbocycles. The molecule has 2 bridgehead atoms. The number of hydrogen-bond acceptors (Lipinski definition) is 2. The number of hydrogen-bond donors (Lipinski definition) is 1. The van der Waals surface area contributed by atoms with Gasteiger partial charge in [-0.25, -0.2) is 0 Å². The number of rotatable bonds is 3. The largest absolute Gasteiger partial charge is 0.381 e. The fraction of sp³-hybridized carbons (Fsp3) is 1.00. The van der Waals surface area contributed by atoms with Crippen LogP contribution in [0.4, 0.5) is 0 Å². The maximum absolute atomic E-state index is 5.47. The Bertz CT molecular complexity index is 291. The highest BCUT2D eigenvalue weighted by atomic mass is 16.5. The average molecular weight is 237 g/mol. The van der Waals surface area contributed by atoms with Crippen molar-refractivity contribution in [2.75, 3.05) is 19.8 Å². The summed E-state index contributed by atoms with van der Waals surface area (Å²) in [6.45, 7) is 10.6. The normalized spacial score (nSPS) is 47.8. The first-order valence-electron chi connectivity index (χ1n) is 7.33. The van der Waals surface area contributed by atoms with Crippen molar-refractivity contribution < 1.29 is 4.74 Å². The molecule has 1 aliphatic heterocycles. The fourth-order valence-electron chi connectivity index (χ4n) is 4.84. The Morgan fingerprint density at radius 2 is 2.06 bits per heavy atom. The molecule has 3 aliphatic rings. The Labute approximate surface area is 105 Å². The molecular formula is C15H27NO. The third kappa shape index (κ3) is 1.84. The minimum absolute atomic E-state index is 0.493. The van der Waals surface area contributed by atoms with E-state index in [0.29, 0.717) is 16.9 Å². The van der Waals surface area contributed by atoms with Crippen molar-refractivity contribution >= 4 is 0 Å². The Kier molecular flexibility index (Phi) is 2.79. The lowest BCUT2D eigenvalue weighted by Gasteiger charge is -2.43. The van der Waals surface area contributed by atoms with Crippen molar-refractivity contribution in [2.24, 2.45) is 22.7 Å². The Morgan fingerprint density at radius 1 is 1.24 bits per heavy atom. The Balaban J connectivity index is 1.65. The van der Waals surface area contributed by atoms with Crippen molar-refractivity contribution in [1.29, 1.82) is 0 Å². The quantitative estimate of drug-likeness (QED) is 0.815. The van der Waals surface area contributed by atoms with E-state index in [2.05, 4.69) is 26.1 Å². The van der Waals surface area contributed by atoms with Gasteiger partial charge in [-0.3, -0.25) is 0 Å². The van der Waals surface area contributed by atoms with E-state index in [0.717, 1.165) is 31.6 Å². The number of ether oxygens (including phenoxy) is 1. The molecule has 2 unspecified atom stereocenters. The van der Waals surface area contributed by atoms with Gasteiger partial charge in [0.05, 0.1) is 6.61 Å². The monoisotopic (exact) mass is 237 g/mol. The highest BCUT2D eigenvalue weighted by molar-refractivity contribution is 5.12. The van der Waals surface area contributed by atoms with Gasteiger partial charge in [-0.1, -0.05) is 20.8 Å². The second-order valence-electron chi connectivity index (χ2n) is 7.49. The molecule has 0 aromatic heterocycles. The molecule has 2 aliphatic carbocycles. The molecule has 4 atom stereocenters. The SMILES string of the molecule is CC1(C)C(NCC2CCOC2)[C@]2(C)CC[C@H]1C2. The first-order chi connectivity index (χ1) is 8.02. The van der Waals surface area contributed by atoms with Crippen molar-refractivity contribution in [3.05, 3.63) is 0 Å². The second kappa shape index (κ2) is 3.96. The zero-order chi connectivity index (χ0) is 12.1. The fourth-order valence-corrected chi connectivity index (χ4v) is 4.84. The van der Waals surface area contributed by atoms with Gasteiger partial charge in [-0.05, 0) is 48.3 Å². The van der Waals surface area contributed by atoms with Gasteiger partial charge in [0.15, 0.2) is 0 Å². The smallest absolute Gasteiger partial charge is 0.0507 e. The van der Waals surface area contributed by atoms with Gasteiger partial charge in [0, 0.05) is 19.2 Å². The third-order valence-corrected chi connectivity index (χ3v) is 5.90. The molecule has 17 heavy (non-hydrogen) atoms. The van der Waals surface area contributed by atoms with Crippen LogP contribution in [0.3, 0.4) is 0 Å². The molecule has 1 heterocycles. The standard InChI is InChI=1S/C15H27NO/c1-14(2)12-4-6-15(3,8-12)13(14)16-9-11-5-7-17-10-11/h11-13,16H,4-10H2,1-3H3/t11?,12-,13?,15+/m0/s1. The molecular weight excluding hydrogens is 210 g/mol. The summed E-state index contributed by atoms with van der Waals surface area (Å²) < 4.78 is 5.47. The van der Waals surface area contributed by atoms with E-state index >= 15 is 0 Å². The van der Waals surface area contributed by atoms with Crippen molar-refractivity contribution in [2.45, 2.75) is 52.5 Å². The summed E-state index contributed by atoms with van der Waals surface area (Å²) in [5.74, 6) is 1.71. The zero-order valence-electron chi connectivity index (χ0n) is 11.6. The third-order valence-electron chi connectivity index (χ3n) is 5.90. The minimum atomic E-state index is 0.493. The topological polar surface area (TPSA) is 21.3 Å². The molecule has 0 amide bonds. The van der Waals surface area contributed by atoms with E-state index in [9.17, 15) is 0 Å². The van der Waals surface area contributed by atoms with Gasteiger partial charge in [0.1, 0.15) is 0 Å². The van der Waals surface area contributed by atoms with E-state index in [4.69, 9.17) is 4.74 Å². The lowest BCUT2D eigenvalue weighted by molar-refractivity contribution is 0.103. The maximum atomic E-state index is 5.47. The van der Waals surface area contributed by atoms with Crippen molar-refractivity contribution in [3.8, 4) is 0 Å². The van der Waals surface area contributed by atoms with Crippen LogP contribution >= 0.6 is 0 Å². The van der Waals surface area contributed by atoms with Crippen LogP contribution in [0.2, 0.25) is 0 Å². The van der Waals surface area contributed by atoms with Gasteiger partial charge in [-0.2, -0.15) is 0 Å². The number of fused-ring (bicyclic) bond motifs is 2. The molecule has 1 saturated heterocycles. The first-order valence-corrected chi connectivity index (χ1v) is 7.33. The Morgan fingerprint density at radius 3 is 2.65 bits per heavy atom. The predicted molar refractivity (Wildman–Crippen MR) is 69.9 cm³/mol. The van der Waals surface area contributed by atoms with E-state index in [1.807, 2.05) is 0 Å². The van der Waals surface area contributed by atoms with Gasteiger partial charge in [-0.15, -0.1) is 0 Å². The van der Waals surface area contributed by atoms with Gasteiger partial charge in [0.25, 0.3) is 0 Å². The van der Waals surface area contributed by atoms with E-state index in [1.165, 1.54) is 25.7 Å². The molecule has 2 saturated carbocycles. The average Bonchev–Trinajstić information content (AvgIpc) is 2.90. The van der Waals surface area contributed by atoms with Gasteiger partial charge < -0.3 is 10.1 Å². The minimum Gasteiger partial charge on any atom is -0.381 e. The van der Waals surface area contributed by atoms with Crippen LogP contribution in [0.1, 0.15) is 46.5 Å². The summed E-state index contributed by atoms with van der Waals surface area (Å²) in [4.78, 5) is 0. The van der Waals surface area contributed by atoms with Crippen LogP contribution in [0, 0.1) is 22.7 Å². The summed E-state index contributed by atoms with van der Waals surface area (Å²) in [7, 11) is 0. The highest BCUT2D eigenvalue weighted by Gasteiger charge is 2.58. The maximum Gasteiger partial charge on any atom is 0.0507 e. The Hall–Kier alpha value is -0.0800. The first kappa shape index (κ1) is 12.0. The van der Waals surface area contributed by atoms with Crippen LogP contribution in [-0.2, 0) is 4.74 Å². The van der Waals surface area contributed by atoms with E-state index < -0.39 is 0 Å². The summed E-state index contributed by atoms with van der Waals surface area (Å²) in [6.07, 6.45) is 5.58. The van der Waals surface area contributed by atoms with Crippen molar-refractivity contribution in [3.63, 3.8) is 0 Å². The summed E-state index contributed by atoms with van der Waals surface area (Å²) >= 11 is 0. The summed E-state index contributed by atoms with van der Waals surface area (Å²) in [5.41, 5.74) is 1.06. The van der Waals surface area contributed by atoms with Gasteiger partial charge in [0.2, 0.25) is 0 Å². The zero-order valence-corrected chi connectivity index (χ0v) is 11.6. The summed E-state index contributed by atoms with van der Waals surface area (Å²) in [6, 6.07) is 0.717. The highest BCUT2D eigenvalue weighted by Crippen LogP contribution is 2.62. The van der Waals surface area contributed by atoms with Crippen LogP contribution < -0.4 is 5.32 Å². The molecule has 0 spiro atoms. The molecule has 3 fully saturated rings. The van der Waals surface area contributed by atoms with Crippen LogP contribution in [0.5, 0.6) is 0 Å². The van der Waals surface area contributed by atoms with Crippen molar-refractivity contribution in [1.82, 2.24) is 5.32 Å². The lowest BCUT2D eigenvalue weighted by atomic mass is 9.68. The molecule has 2 nitrogen and oxygen atoms in total. The molecule has 0 aromatic rings. The molecule has 0 radical (unpaired) electrons. The number of nitrogens with one attached hydrogen (secondary N) is 1. The second-order valence-corrected chi connectivity index (χ2v) is 7.49. The molecule has 3 rings (SSSR count). The van der Waals surface area contributed by atoms with Gasteiger partial charge >= 0.3 is 0 Å².